The molecular formula is C12H13BrN2O2. The highest BCUT2D eigenvalue weighted by Gasteiger charge is 2.30. The predicted molar refractivity (Wildman–Crippen MR) is 69.0 cm³/mol. The van der Waals surface area contributed by atoms with Crippen molar-refractivity contribution < 1.29 is 9.59 Å². The van der Waals surface area contributed by atoms with Crippen molar-refractivity contribution in [2.24, 2.45) is 11.7 Å². The molecule has 1 aliphatic rings. The van der Waals surface area contributed by atoms with Crippen molar-refractivity contribution in [3.8, 4) is 0 Å². The Morgan fingerprint density at radius 2 is 2.29 bits per heavy atom. The van der Waals surface area contributed by atoms with Gasteiger partial charge in [0.05, 0.1) is 5.69 Å². The van der Waals surface area contributed by atoms with Crippen molar-refractivity contribution in [2.75, 3.05) is 18.0 Å². The van der Waals surface area contributed by atoms with Gasteiger partial charge in [0.2, 0.25) is 5.91 Å². The fraction of sp³-hybridized carbons (Fsp3) is 0.333. The van der Waals surface area contributed by atoms with Crippen LogP contribution in [0.15, 0.2) is 22.7 Å². The van der Waals surface area contributed by atoms with E-state index in [-0.39, 0.29) is 11.8 Å². The van der Waals surface area contributed by atoms with Gasteiger partial charge in [0.25, 0.3) is 0 Å². The normalized spacial score (nSPS) is 19.8. The monoisotopic (exact) mass is 296 g/mol. The molecule has 1 saturated heterocycles. The molecule has 0 radical (unpaired) electrons. The van der Waals surface area contributed by atoms with Gasteiger partial charge in [-0.3, -0.25) is 9.59 Å². The highest BCUT2D eigenvalue weighted by atomic mass is 79.9. The Kier molecular flexibility index (Phi) is 3.59. The largest absolute Gasteiger partial charge is 0.330 e. The number of hydrogen-bond donors (Lipinski definition) is 1. The summed E-state index contributed by atoms with van der Waals surface area (Å²) in [5, 5.41) is 0. The van der Waals surface area contributed by atoms with Crippen LogP contribution < -0.4 is 10.6 Å². The molecule has 0 bridgehead atoms. The van der Waals surface area contributed by atoms with Gasteiger partial charge in [-0.05, 0) is 30.7 Å². The molecule has 0 spiro atoms. The highest BCUT2D eigenvalue weighted by Crippen LogP contribution is 2.28. The Balaban J connectivity index is 2.34. The van der Waals surface area contributed by atoms with Crippen LogP contribution in [0.5, 0.6) is 0 Å². The maximum Gasteiger partial charge on any atom is 0.227 e. The summed E-state index contributed by atoms with van der Waals surface area (Å²) in [6.45, 7) is 1.09. The lowest BCUT2D eigenvalue weighted by molar-refractivity contribution is -0.117. The number of aldehydes is 1. The molecule has 0 aromatic heterocycles. The third-order valence-corrected chi connectivity index (χ3v) is 3.44. The van der Waals surface area contributed by atoms with Crippen molar-refractivity contribution in [1.82, 2.24) is 0 Å². The molecule has 2 N–H and O–H groups in total. The van der Waals surface area contributed by atoms with Crippen LogP contribution in [0, 0.1) is 5.92 Å². The number of halogens is 1. The molecule has 1 unspecified atom stereocenters. The summed E-state index contributed by atoms with van der Waals surface area (Å²) in [7, 11) is 0. The number of carbonyl (C=O) groups excluding carboxylic acids is 2. The van der Waals surface area contributed by atoms with Crippen molar-refractivity contribution in [3.05, 3.63) is 28.2 Å². The third kappa shape index (κ3) is 2.40. The highest BCUT2D eigenvalue weighted by molar-refractivity contribution is 9.10. The second-order valence-electron chi connectivity index (χ2n) is 4.13. The first-order valence-corrected chi connectivity index (χ1v) is 6.20. The van der Waals surface area contributed by atoms with Crippen LogP contribution >= 0.6 is 15.9 Å². The molecular weight excluding hydrogens is 284 g/mol. The molecule has 1 aliphatic heterocycles. The first-order chi connectivity index (χ1) is 8.15. The summed E-state index contributed by atoms with van der Waals surface area (Å²) in [5.74, 6) is 0.219. The zero-order valence-corrected chi connectivity index (χ0v) is 10.8. The molecule has 4 nitrogen and oxygen atoms in total. The first kappa shape index (κ1) is 12.3. The van der Waals surface area contributed by atoms with Gasteiger partial charge >= 0.3 is 0 Å². The molecule has 1 fully saturated rings. The second-order valence-corrected chi connectivity index (χ2v) is 5.05. The van der Waals surface area contributed by atoms with Gasteiger partial charge in [-0.15, -0.1) is 0 Å². The molecule has 5 heteroatoms. The van der Waals surface area contributed by atoms with E-state index < -0.39 is 0 Å². The number of anilines is 1. The van der Waals surface area contributed by atoms with Crippen molar-refractivity contribution in [2.45, 2.75) is 6.42 Å². The van der Waals surface area contributed by atoms with E-state index in [2.05, 4.69) is 15.9 Å². The smallest absolute Gasteiger partial charge is 0.227 e. The molecule has 0 aliphatic carbocycles. The number of hydrogen-bond acceptors (Lipinski definition) is 3. The van der Waals surface area contributed by atoms with Gasteiger partial charge in [-0.25, -0.2) is 0 Å². The third-order valence-electron chi connectivity index (χ3n) is 2.95. The number of benzene rings is 1. The molecule has 1 amide bonds. The molecule has 2 rings (SSSR count). The van der Waals surface area contributed by atoms with E-state index in [9.17, 15) is 9.59 Å². The maximum atomic E-state index is 11.8. The average molecular weight is 297 g/mol. The summed E-state index contributed by atoms with van der Waals surface area (Å²) in [6.07, 6.45) is 1.23. The standard InChI is InChI=1S/C12H13BrN2O2/c13-10-1-2-11(9(4-10)7-16)15-6-8(5-14)3-12(15)17/h1-2,4,7-8H,3,5-6,14H2. The molecule has 1 aromatic rings. The predicted octanol–water partition coefficient (Wildman–Crippen LogP) is 1.57. The van der Waals surface area contributed by atoms with Crippen molar-refractivity contribution in [1.29, 1.82) is 0 Å². The van der Waals surface area contributed by atoms with Gasteiger partial charge in [0, 0.05) is 23.0 Å². The van der Waals surface area contributed by atoms with E-state index in [1.54, 1.807) is 17.0 Å². The van der Waals surface area contributed by atoms with Crippen LogP contribution in [0.1, 0.15) is 16.8 Å². The number of amides is 1. The van der Waals surface area contributed by atoms with E-state index in [1.807, 2.05) is 6.07 Å². The molecule has 17 heavy (non-hydrogen) atoms. The van der Waals surface area contributed by atoms with Gasteiger partial charge < -0.3 is 10.6 Å². The lowest BCUT2D eigenvalue weighted by Crippen LogP contribution is -2.26. The van der Waals surface area contributed by atoms with Crippen LogP contribution in [-0.4, -0.2) is 25.3 Å². The van der Waals surface area contributed by atoms with Crippen molar-refractivity contribution in [3.63, 3.8) is 0 Å². The summed E-state index contributed by atoms with van der Waals surface area (Å²) in [5.41, 5.74) is 6.76. The van der Waals surface area contributed by atoms with Crippen LogP contribution in [0.3, 0.4) is 0 Å². The maximum absolute atomic E-state index is 11.8. The summed E-state index contributed by atoms with van der Waals surface area (Å²) in [6, 6.07) is 5.32. The van der Waals surface area contributed by atoms with Crippen LogP contribution in [0.25, 0.3) is 0 Å². The van der Waals surface area contributed by atoms with Crippen molar-refractivity contribution >= 4 is 33.8 Å². The Bertz CT molecular complexity index is 462. The Hall–Kier alpha value is -1.20. The molecule has 1 heterocycles. The average Bonchev–Trinajstić information content (AvgIpc) is 2.70. The van der Waals surface area contributed by atoms with E-state index in [1.165, 1.54) is 0 Å². The topological polar surface area (TPSA) is 63.4 Å². The fourth-order valence-electron chi connectivity index (χ4n) is 2.04. The number of rotatable bonds is 3. The van der Waals surface area contributed by atoms with Gasteiger partial charge in [0.1, 0.15) is 0 Å². The van der Waals surface area contributed by atoms with Crippen LogP contribution in [-0.2, 0) is 4.79 Å². The van der Waals surface area contributed by atoms with Crippen LogP contribution in [0.2, 0.25) is 0 Å². The summed E-state index contributed by atoms with van der Waals surface area (Å²) in [4.78, 5) is 24.5. The van der Waals surface area contributed by atoms with Gasteiger partial charge in [-0.1, -0.05) is 15.9 Å². The minimum Gasteiger partial charge on any atom is -0.330 e. The Labute approximate surface area is 108 Å². The number of nitrogens with two attached hydrogens (primary N) is 1. The van der Waals surface area contributed by atoms with Crippen LogP contribution in [0.4, 0.5) is 5.69 Å². The zero-order chi connectivity index (χ0) is 12.4. The van der Waals surface area contributed by atoms with Gasteiger partial charge in [-0.2, -0.15) is 0 Å². The second kappa shape index (κ2) is 4.98. The lowest BCUT2D eigenvalue weighted by Gasteiger charge is -2.18. The zero-order valence-electron chi connectivity index (χ0n) is 9.23. The number of nitrogens with zero attached hydrogens (tertiary/aromatic N) is 1. The minimum absolute atomic E-state index is 0.0332. The van der Waals surface area contributed by atoms with Gasteiger partial charge in [0.15, 0.2) is 6.29 Å². The van der Waals surface area contributed by atoms with E-state index >= 15 is 0 Å². The summed E-state index contributed by atoms with van der Waals surface area (Å²) >= 11 is 3.30. The van der Waals surface area contributed by atoms with E-state index in [0.29, 0.717) is 30.8 Å². The quantitative estimate of drug-likeness (QED) is 0.861. The Morgan fingerprint density at radius 3 is 2.88 bits per heavy atom. The number of carbonyl (C=O) groups is 2. The van der Waals surface area contributed by atoms with E-state index in [0.717, 1.165) is 10.8 Å². The lowest BCUT2D eigenvalue weighted by atomic mass is 10.1. The molecule has 1 aromatic carbocycles. The van der Waals surface area contributed by atoms with E-state index in [4.69, 9.17) is 5.73 Å². The molecule has 90 valence electrons. The fourth-order valence-corrected chi connectivity index (χ4v) is 2.42. The molecule has 1 atom stereocenters. The first-order valence-electron chi connectivity index (χ1n) is 5.41. The minimum atomic E-state index is 0.0332. The molecule has 0 saturated carbocycles. The SMILES string of the molecule is NCC1CC(=O)N(c2ccc(Br)cc2C=O)C1. The summed E-state index contributed by atoms with van der Waals surface area (Å²) < 4.78 is 0.824. The Morgan fingerprint density at radius 1 is 1.53 bits per heavy atom.